The number of aryl methyl sites for hydroxylation is 1. The monoisotopic (exact) mass is 337 g/mol. The first-order chi connectivity index (χ1) is 10.5. The Kier molecular flexibility index (Phi) is 5.69. The van der Waals surface area contributed by atoms with E-state index >= 15 is 0 Å². The predicted molar refractivity (Wildman–Crippen MR) is 89.7 cm³/mol. The van der Waals surface area contributed by atoms with Gasteiger partial charge in [0, 0.05) is 10.0 Å². The van der Waals surface area contributed by atoms with Crippen LogP contribution in [0.25, 0.3) is 0 Å². The molecule has 22 heavy (non-hydrogen) atoms. The number of nitrogens with one attached hydrogen (secondary N) is 1. The zero-order chi connectivity index (χ0) is 16.1. The minimum Gasteiger partial charge on any atom is -0.484 e. The molecule has 0 bridgehead atoms. The zero-order valence-electron chi connectivity index (χ0n) is 12.4. The Balaban J connectivity index is 1.90. The van der Waals surface area contributed by atoms with Gasteiger partial charge in [-0.1, -0.05) is 41.4 Å². The maximum atomic E-state index is 12.0. The van der Waals surface area contributed by atoms with Crippen LogP contribution in [0.3, 0.4) is 0 Å². The lowest BCUT2D eigenvalue weighted by Gasteiger charge is -2.16. The summed E-state index contributed by atoms with van der Waals surface area (Å²) in [6, 6.07) is 12.5. The van der Waals surface area contributed by atoms with Crippen molar-refractivity contribution < 1.29 is 9.53 Å². The average Bonchev–Trinajstić information content (AvgIpc) is 2.49. The summed E-state index contributed by atoms with van der Waals surface area (Å²) in [6.07, 6.45) is 0. The van der Waals surface area contributed by atoms with E-state index in [1.165, 1.54) is 0 Å². The van der Waals surface area contributed by atoms with Crippen molar-refractivity contribution in [3.8, 4) is 5.75 Å². The fraction of sp³-hybridized carbons (Fsp3) is 0.235. The second-order valence-corrected chi connectivity index (χ2v) is 5.82. The van der Waals surface area contributed by atoms with E-state index in [1.54, 1.807) is 24.3 Å². The Morgan fingerprint density at radius 3 is 2.59 bits per heavy atom. The lowest BCUT2D eigenvalue weighted by molar-refractivity contribution is -0.123. The molecule has 0 unspecified atom stereocenters. The first-order valence-electron chi connectivity index (χ1n) is 6.90. The smallest absolute Gasteiger partial charge is 0.258 e. The third-order valence-corrected chi connectivity index (χ3v) is 4.02. The van der Waals surface area contributed by atoms with Gasteiger partial charge >= 0.3 is 0 Å². The molecule has 116 valence electrons. The maximum Gasteiger partial charge on any atom is 0.258 e. The molecular formula is C17H17Cl2NO2. The summed E-state index contributed by atoms with van der Waals surface area (Å²) in [5.41, 5.74) is 1.78. The van der Waals surface area contributed by atoms with Gasteiger partial charge in [-0.3, -0.25) is 4.79 Å². The molecule has 0 heterocycles. The van der Waals surface area contributed by atoms with Crippen LogP contribution in [0.2, 0.25) is 10.0 Å². The molecule has 0 saturated carbocycles. The number of rotatable bonds is 5. The third kappa shape index (κ3) is 4.39. The molecule has 0 radical (unpaired) electrons. The molecule has 2 aromatic carbocycles. The molecule has 2 aromatic rings. The van der Waals surface area contributed by atoms with Crippen molar-refractivity contribution in [1.82, 2.24) is 5.32 Å². The maximum absolute atomic E-state index is 12.0. The Bertz CT molecular complexity index is 673. The first kappa shape index (κ1) is 16.7. The molecule has 0 aromatic heterocycles. The summed E-state index contributed by atoms with van der Waals surface area (Å²) < 4.78 is 5.47. The van der Waals surface area contributed by atoms with Gasteiger partial charge in [-0.2, -0.15) is 0 Å². The summed E-state index contributed by atoms with van der Waals surface area (Å²) in [5.74, 6) is 0.405. The Hall–Kier alpha value is -1.71. The summed E-state index contributed by atoms with van der Waals surface area (Å²) in [4.78, 5) is 12.0. The molecule has 0 spiro atoms. The van der Waals surface area contributed by atoms with Crippen LogP contribution >= 0.6 is 23.2 Å². The summed E-state index contributed by atoms with van der Waals surface area (Å²) in [5, 5.41) is 4.16. The topological polar surface area (TPSA) is 38.3 Å². The fourth-order valence-electron chi connectivity index (χ4n) is 2.04. The lowest BCUT2D eigenvalue weighted by atomic mass is 10.1. The SMILES string of the molecule is Cc1cc(OCC(=O)N[C@@H](C)c2ccccc2Cl)ccc1Cl. The molecule has 0 fully saturated rings. The molecule has 0 aliphatic rings. The highest BCUT2D eigenvalue weighted by molar-refractivity contribution is 6.31. The number of carbonyl (C=O) groups excluding carboxylic acids is 1. The van der Waals surface area contributed by atoms with E-state index in [-0.39, 0.29) is 18.6 Å². The van der Waals surface area contributed by atoms with Crippen molar-refractivity contribution in [3.05, 3.63) is 63.6 Å². The summed E-state index contributed by atoms with van der Waals surface area (Å²) in [6.45, 7) is 3.70. The molecule has 1 N–H and O–H groups in total. The van der Waals surface area contributed by atoms with Crippen LogP contribution in [0.1, 0.15) is 24.1 Å². The molecule has 3 nitrogen and oxygen atoms in total. The summed E-state index contributed by atoms with van der Waals surface area (Å²) >= 11 is 12.1. The van der Waals surface area contributed by atoms with Crippen LogP contribution in [-0.4, -0.2) is 12.5 Å². The molecular weight excluding hydrogens is 321 g/mol. The standard InChI is InChI=1S/C17H17Cl2NO2/c1-11-9-13(7-8-15(11)18)22-10-17(21)20-12(2)14-5-3-4-6-16(14)19/h3-9,12H,10H2,1-2H3,(H,20,21)/t12-/m0/s1. The van der Waals surface area contributed by atoms with Crippen molar-refractivity contribution in [2.24, 2.45) is 0 Å². The van der Waals surface area contributed by atoms with Crippen molar-refractivity contribution in [2.45, 2.75) is 19.9 Å². The van der Waals surface area contributed by atoms with Gasteiger partial charge in [-0.25, -0.2) is 0 Å². The van der Waals surface area contributed by atoms with Gasteiger partial charge in [-0.05, 0) is 49.2 Å². The first-order valence-corrected chi connectivity index (χ1v) is 7.65. The zero-order valence-corrected chi connectivity index (χ0v) is 13.9. The van der Waals surface area contributed by atoms with Gasteiger partial charge in [0.2, 0.25) is 0 Å². The summed E-state index contributed by atoms with van der Waals surface area (Å²) in [7, 11) is 0. The Morgan fingerprint density at radius 1 is 1.18 bits per heavy atom. The Morgan fingerprint density at radius 2 is 1.91 bits per heavy atom. The van der Waals surface area contributed by atoms with E-state index in [4.69, 9.17) is 27.9 Å². The molecule has 0 aliphatic carbocycles. The van der Waals surface area contributed by atoms with Crippen molar-refractivity contribution >= 4 is 29.1 Å². The fourth-order valence-corrected chi connectivity index (χ4v) is 2.46. The van der Waals surface area contributed by atoms with Crippen LogP contribution in [0.5, 0.6) is 5.75 Å². The van der Waals surface area contributed by atoms with Crippen molar-refractivity contribution in [3.63, 3.8) is 0 Å². The highest BCUT2D eigenvalue weighted by Crippen LogP contribution is 2.23. The number of hydrogen-bond donors (Lipinski definition) is 1. The number of carbonyl (C=O) groups is 1. The second-order valence-electron chi connectivity index (χ2n) is 5.01. The van der Waals surface area contributed by atoms with E-state index in [2.05, 4.69) is 5.32 Å². The quantitative estimate of drug-likeness (QED) is 0.868. The normalized spacial score (nSPS) is 11.8. The van der Waals surface area contributed by atoms with E-state index in [1.807, 2.05) is 32.0 Å². The van der Waals surface area contributed by atoms with Gasteiger partial charge < -0.3 is 10.1 Å². The van der Waals surface area contributed by atoms with Crippen LogP contribution in [-0.2, 0) is 4.79 Å². The lowest BCUT2D eigenvalue weighted by Crippen LogP contribution is -2.31. The number of amides is 1. The molecule has 1 amide bonds. The van der Waals surface area contributed by atoms with Crippen molar-refractivity contribution in [2.75, 3.05) is 6.61 Å². The van der Waals surface area contributed by atoms with Gasteiger partial charge in [-0.15, -0.1) is 0 Å². The van der Waals surface area contributed by atoms with E-state index in [0.29, 0.717) is 15.8 Å². The average molecular weight is 338 g/mol. The van der Waals surface area contributed by atoms with Crippen LogP contribution < -0.4 is 10.1 Å². The minimum absolute atomic E-state index is 0.0597. The minimum atomic E-state index is -0.208. The van der Waals surface area contributed by atoms with Crippen LogP contribution in [0, 0.1) is 6.92 Å². The number of ether oxygens (including phenoxy) is 1. The highest BCUT2D eigenvalue weighted by Gasteiger charge is 2.12. The van der Waals surface area contributed by atoms with Gasteiger partial charge in [0.15, 0.2) is 6.61 Å². The van der Waals surface area contributed by atoms with E-state index < -0.39 is 0 Å². The predicted octanol–water partition coefficient (Wildman–Crippen LogP) is 4.56. The number of hydrogen-bond acceptors (Lipinski definition) is 2. The molecule has 0 aliphatic heterocycles. The third-order valence-electron chi connectivity index (χ3n) is 3.25. The molecule has 0 saturated heterocycles. The van der Waals surface area contributed by atoms with Gasteiger partial charge in [0.25, 0.3) is 5.91 Å². The van der Waals surface area contributed by atoms with Crippen LogP contribution in [0.15, 0.2) is 42.5 Å². The van der Waals surface area contributed by atoms with Crippen molar-refractivity contribution in [1.29, 1.82) is 0 Å². The molecule has 1 atom stereocenters. The molecule has 5 heteroatoms. The number of halogens is 2. The molecule has 2 rings (SSSR count). The van der Waals surface area contributed by atoms with Gasteiger partial charge in [0.05, 0.1) is 6.04 Å². The van der Waals surface area contributed by atoms with E-state index in [9.17, 15) is 4.79 Å². The highest BCUT2D eigenvalue weighted by atomic mass is 35.5. The van der Waals surface area contributed by atoms with Gasteiger partial charge in [0.1, 0.15) is 5.75 Å². The van der Waals surface area contributed by atoms with Crippen LogP contribution in [0.4, 0.5) is 0 Å². The number of benzene rings is 2. The second kappa shape index (κ2) is 7.52. The van der Waals surface area contributed by atoms with E-state index in [0.717, 1.165) is 11.1 Å². The Labute approximate surface area is 140 Å². The largest absolute Gasteiger partial charge is 0.484 e.